The van der Waals surface area contributed by atoms with E-state index in [1.165, 1.54) is 6.33 Å². The van der Waals surface area contributed by atoms with Gasteiger partial charge in [-0.3, -0.25) is 9.48 Å². The number of hydrogen-bond donors (Lipinski definition) is 1. The van der Waals surface area contributed by atoms with Gasteiger partial charge >= 0.3 is 0 Å². The highest BCUT2D eigenvalue weighted by atomic mass is 35.5. The third kappa shape index (κ3) is 2.98. The molecule has 0 fully saturated rings. The summed E-state index contributed by atoms with van der Waals surface area (Å²) in [6, 6.07) is 0. The van der Waals surface area contributed by atoms with Crippen LogP contribution < -0.4 is 5.32 Å². The number of nitrogens with one attached hydrogen (secondary N) is 1. The Balaban J connectivity index is 1.94. The number of hydrogen-bond acceptors (Lipinski definition) is 4. The van der Waals surface area contributed by atoms with Crippen molar-refractivity contribution in [2.45, 2.75) is 40.4 Å². The molecule has 0 saturated heterocycles. The summed E-state index contributed by atoms with van der Waals surface area (Å²) < 4.78 is 3.33. The Bertz CT molecular complexity index is 617. The third-order valence-corrected chi connectivity index (χ3v) is 3.57. The standard InChI is InChI=1S/C12H17ClN6O/c1-4-18-10(15-7-16-18)5-14-11(20)6-19-9(3)12(13)8(2)17-19/h7H,4-6H2,1-3H3,(H,14,20). The van der Waals surface area contributed by atoms with E-state index in [0.717, 1.165) is 23.8 Å². The maximum atomic E-state index is 11.9. The van der Waals surface area contributed by atoms with Crippen molar-refractivity contribution >= 4 is 17.5 Å². The predicted octanol–water partition coefficient (Wildman–Crippen LogP) is 1.08. The van der Waals surface area contributed by atoms with Crippen molar-refractivity contribution in [3.63, 3.8) is 0 Å². The van der Waals surface area contributed by atoms with E-state index in [0.29, 0.717) is 11.6 Å². The van der Waals surface area contributed by atoms with Crippen LogP contribution in [0.4, 0.5) is 0 Å². The lowest BCUT2D eigenvalue weighted by Crippen LogP contribution is -2.29. The lowest BCUT2D eigenvalue weighted by atomic mass is 10.4. The van der Waals surface area contributed by atoms with E-state index >= 15 is 0 Å². The largest absolute Gasteiger partial charge is 0.347 e. The van der Waals surface area contributed by atoms with Gasteiger partial charge in [0.1, 0.15) is 18.7 Å². The average molecular weight is 297 g/mol. The fourth-order valence-corrected chi connectivity index (χ4v) is 2.02. The Kier molecular flexibility index (Phi) is 4.39. The molecule has 0 aliphatic heterocycles. The van der Waals surface area contributed by atoms with E-state index in [2.05, 4.69) is 20.5 Å². The zero-order chi connectivity index (χ0) is 14.7. The van der Waals surface area contributed by atoms with E-state index in [1.807, 2.05) is 20.8 Å². The number of halogens is 1. The minimum atomic E-state index is -0.141. The number of amides is 1. The van der Waals surface area contributed by atoms with Gasteiger partial charge in [0.05, 0.1) is 23.0 Å². The van der Waals surface area contributed by atoms with Crippen molar-refractivity contribution in [1.82, 2.24) is 29.9 Å². The number of carbonyl (C=O) groups is 1. The smallest absolute Gasteiger partial charge is 0.242 e. The average Bonchev–Trinajstić information content (AvgIpc) is 2.97. The molecule has 2 rings (SSSR count). The van der Waals surface area contributed by atoms with Crippen LogP contribution in [0.5, 0.6) is 0 Å². The zero-order valence-corrected chi connectivity index (χ0v) is 12.5. The highest BCUT2D eigenvalue weighted by Crippen LogP contribution is 2.18. The monoisotopic (exact) mass is 296 g/mol. The van der Waals surface area contributed by atoms with E-state index in [9.17, 15) is 4.79 Å². The number of carbonyl (C=O) groups excluding carboxylic acids is 1. The van der Waals surface area contributed by atoms with Gasteiger partial charge in [-0.05, 0) is 20.8 Å². The summed E-state index contributed by atoms with van der Waals surface area (Å²) in [6.45, 7) is 6.83. The second kappa shape index (κ2) is 6.04. The molecule has 108 valence electrons. The molecular weight excluding hydrogens is 280 g/mol. The van der Waals surface area contributed by atoms with Gasteiger partial charge < -0.3 is 5.32 Å². The maximum absolute atomic E-state index is 11.9. The molecule has 8 heteroatoms. The fourth-order valence-electron chi connectivity index (χ4n) is 1.89. The first-order valence-corrected chi connectivity index (χ1v) is 6.73. The molecule has 0 bridgehead atoms. The molecule has 0 unspecified atom stereocenters. The van der Waals surface area contributed by atoms with Crippen molar-refractivity contribution in [2.24, 2.45) is 0 Å². The van der Waals surface area contributed by atoms with Crippen molar-refractivity contribution in [1.29, 1.82) is 0 Å². The normalized spacial score (nSPS) is 10.8. The molecule has 2 aromatic rings. The quantitative estimate of drug-likeness (QED) is 0.895. The minimum absolute atomic E-state index is 0.139. The molecule has 1 amide bonds. The highest BCUT2D eigenvalue weighted by molar-refractivity contribution is 6.31. The molecule has 0 saturated carbocycles. The number of aryl methyl sites for hydroxylation is 2. The molecule has 0 aliphatic carbocycles. The second-order valence-electron chi connectivity index (χ2n) is 4.41. The molecule has 0 aromatic carbocycles. The minimum Gasteiger partial charge on any atom is -0.347 e. The molecule has 20 heavy (non-hydrogen) atoms. The Morgan fingerprint density at radius 1 is 1.40 bits per heavy atom. The van der Waals surface area contributed by atoms with Crippen LogP contribution in [0, 0.1) is 13.8 Å². The Morgan fingerprint density at radius 3 is 2.75 bits per heavy atom. The van der Waals surface area contributed by atoms with Crippen LogP contribution >= 0.6 is 11.6 Å². The number of aromatic nitrogens is 5. The summed E-state index contributed by atoms with van der Waals surface area (Å²) in [6.07, 6.45) is 1.48. The van der Waals surface area contributed by atoms with E-state index in [1.54, 1.807) is 9.36 Å². The van der Waals surface area contributed by atoms with Crippen molar-refractivity contribution < 1.29 is 4.79 Å². The maximum Gasteiger partial charge on any atom is 0.242 e. The first-order valence-electron chi connectivity index (χ1n) is 6.35. The van der Waals surface area contributed by atoms with Crippen molar-refractivity contribution in [3.8, 4) is 0 Å². The van der Waals surface area contributed by atoms with Crippen LogP contribution in [-0.2, 0) is 24.4 Å². The van der Waals surface area contributed by atoms with Crippen LogP contribution in [0.2, 0.25) is 5.02 Å². The third-order valence-electron chi connectivity index (χ3n) is 3.03. The summed E-state index contributed by atoms with van der Waals surface area (Å²) in [5.74, 6) is 0.588. The van der Waals surface area contributed by atoms with Gasteiger partial charge in [-0.15, -0.1) is 0 Å². The molecule has 2 heterocycles. The molecule has 1 N–H and O–H groups in total. The second-order valence-corrected chi connectivity index (χ2v) is 4.79. The molecule has 0 atom stereocenters. The van der Waals surface area contributed by atoms with Crippen LogP contribution in [-0.4, -0.2) is 30.5 Å². The van der Waals surface area contributed by atoms with E-state index in [4.69, 9.17) is 11.6 Å². The van der Waals surface area contributed by atoms with Gasteiger partial charge in [0, 0.05) is 6.54 Å². The molecule has 7 nitrogen and oxygen atoms in total. The Morgan fingerprint density at radius 2 is 2.15 bits per heavy atom. The van der Waals surface area contributed by atoms with Gasteiger partial charge in [0.15, 0.2) is 0 Å². The SMILES string of the molecule is CCn1ncnc1CNC(=O)Cn1nc(C)c(Cl)c1C. The van der Waals surface area contributed by atoms with Gasteiger partial charge in [-0.1, -0.05) is 11.6 Å². The summed E-state index contributed by atoms with van der Waals surface area (Å²) >= 11 is 6.04. The topological polar surface area (TPSA) is 77.6 Å². The van der Waals surface area contributed by atoms with E-state index < -0.39 is 0 Å². The predicted molar refractivity (Wildman–Crippen MR) is 74.3 cm³/mol. The van der Waals surface area contributed by atoms with Crippen LogP contribution in [0.1, 0.15) is 24.1 Å². The molecular formula is C12H17ClN6O. The van der Waals surface area contributed by atoms with Gasteiger partial charge in [0.2, 0.25) is 5.91 Å². The molecule has 2 aromatic heterocycles. The van der Waals surface area contributed by atoms with Crippen LogP contribution in [0.3, 0.4) is 0 Å². The Hall–Kier alpha value is -1.89. The van der Waals surface area contributed by atoms with Crippen LogP contribution in [0.25, 0.3) is 0 Å². The number of rotatable bonds is 5. The summed E-state index contributed by atoms with van der Waals surface area (Å²) in [5.41, 5.74) is 1.51. The molecule has 0 spiro atoms. The molecule has 0 radical (unpaired) electrons. The first-order chi connectivity index (χ1) is 9.52. The highest BCUT2D eigenvalue weighted by Gasteiger charge is 2.12. The summed E-state index contributed by atoms with van der Waals surface area (Å²) in [5, 5.41) is 11.7. The van der Waals surface area contributed by atoms with Gasteiger partial charge in [-0.25, -0.2) is 9.67 Å². The summed E-state index contributed by atoms with van der Waals surface area (Å²) in [7, 11) is 0. The Labute approximate surface area is 121 Å². The van der Waals surface area contributed by atoms with Crippen LogP contribution in [0.15, 0.2) is 6.33 Å². The van der Waals surface area contributed by atoms with E-state index in [-0.39, 0.29) is 12.5 Å². The van der Waals surface area contributed by atoms with Crippen molar-refractivity contribution in [3.05, 3.63) is 28.6 Å². The fraction of sp³-hybridized carbons (Fsp3) is 0.500. The summed E-state index contributed by atoms with van der Waals surface area (Å²) in [4.78, 5) is 16.0. The first kappa shape index (κ1) is 14.5. The zero-order valence-electron chi connectivity index (χ0n) is 11.7. The lowest BCUT2D eigenvalue weighted by Gasteiger charge is -2.07. The van der Waals surface area contributed by atoms with Gasteiger partial charge in [-0.2, -0.15) is 10.2 Å². The van der Waals surface area contributed by atoms with Gasteiger partial charge in [0.25, 0.3) is 0 Å². The molecule has 0 aliphatic rings. The lowest BCUT2D eigenvalue weighted by molar-refractivity contribution is -0.122. The number of nitrogens with zero attached hydrogens (tertiary/aromatic N) is 5. The van der Waals surface area contributed by atoms with Crippen molar-refractivity contribution in [2.75, 3.05) is 0 Å².